The van der Waals surface area contributed by atoms with Crippen LogP contribution in [0.4, 0.5) is 0 Å². The van der Waals surface area contributed by atoms with Crippen molar-refractivity contribution in [3.8, 4) is 11.5 Å². The Hall–Kier alpha value is -1.95. The second kappa shape index (κ2) is 7.73. The maximum Gasteiger partial charge on any atom is 0.206 e. The first-order valence-electron chi connectivity index (χ1n) is 7.25. The zero-order chi connectivity index (χ0) is 15.1. The summed E-state index contributed by atoms with van der Waals surface area (Å²) < 4.78 is 10.5. The molecule has 0 aliphatic heterocycles. The van der Waals surface area contributed by atoms with Crippen LogP contribution in [-0.4, -0.2) is 26.2 Å². The van der Waals surface area contributed by atoms with Crippen molar-refractivity contribution in [2.24, 2.45) is 10.8 Å². The number of guanidine groups is 1. The third-order valence-corrected chi connectivity index (χ3v) is 3.70. The molecule has 0 atom stereocenters. The van der Waals surface area contributed by atoms with Gasteiger partial charge < -0.3 is 14.8 Å². The number of hydrogen-bond donors (Lipinski definition) is 3. The predicted molar refractivity (Wildman–Crippen MR) is 83.4 cm³/mol. The number of hydrogen-bond acceptors (Lipinski definition) is 4. The van der Waals surface area contributed by atoms with Gasteiger partial charge in [0.15, 0.2) is 11.5 Å². The number of aliphatic imine (C=N–C) groups is 1. The highest BCUT2D eigenvalue weighted by atomic mass is 16.5. The van der Waals surface area contributed by atoms with E-state index >= 15 is 0 Å². The summed E-state index contributed by atoms with van der Waals surface area (Å²) in [5.41, 5.74) is 3.67. The highest BCUT2D eigenvalue weighted by molar-refractivity contribution is 5.79. The number of hydrazine groups is 1. The van der Waals surface area contributed by atoms with Gasteiger partial charge in [0.1, 0.15) is 0 Å². The van der Waals surface area contributed by atoms with Crippen molar-refractivity contribution in [1.29, 1.82) is 0 Å². The molecule has 0 aromatic heterocycles. The van der Waals surface area contributed by atoms with Crippen LogP contribution in [0.25, 0.3) is 0 Å². The molecule has 2 rings (SSSR count). The summed E-state index contributed by atoms with van der Waals surface area (Å²) in [5.74, 6) is 7.58. The standard InChI is InChI=1S/C15H24N4O2/c1-20-13-8-7-11(9-14(13)21-2)10-17-15(19-16)18-12-5-3-4-6-12/h7-9,12H,3-6,10,16H2,1-2H3,(H2,17,18,19). The molecule has 0 amide bonds. The first kappa shape index (κ1) is 15.4. The lowest BCUT2D eigenvalue weighted by molar-refractivity contribution is 0.354. The molecule has 0 bridgehead atoms. The molecular weight excluding hydrogens is 268 g/mol. The van der Waals surface area contributed by atoms with Crippen molar-refractivity contribution in [3.05, 3.63) is 23.8 Å². The Morgan fingerprint density at radius 2 is 1.95 bits per heavy atom. The van der Waals surface area contributed by atoms with Gasteiger partial charge in [-0.3, -0.25) is 5.43 Å². The van der Waals surface area contributed by atoms with Crippen molar-refractivity contribution in [2.75, 3.05) is 14.2 Å². The van der Waals surface area contributed by atoms with E-state index in [1.807, 2.05) is 18.2 Å². The largest absolute Gasteiger partial charge is 0.493 e. The lowest BCUT2D eigenvalue weighted by atomic mass is 10.2. The minimum absolute atomic E-state index is 0.477. The molecule has 0 spiro atoms. The molecule has 0 radical (unpaired) electrons. The number of nitrogens with zero attached hydrogens (tertiary/aromatic N) is 1. The summed E-state index contributed by atoms with van der Waals surface area (Å²) in [6.45, 7) is 0.527. The average molecular weight is 292 g/mol. The zero-order valence-electron chi connectivity index (χ0n) is 12.7. The summed E-state index contributed by atoms with van der Waals surface area (Å²) in [7, 11) is 3.25. The zero-order valence-corrected chi connectivity index (χ0v) is 12.7. The molecule has 6 nitrogen and oxygen atoms in total. The molecule has 116 valence electrons. The van der Waals surface area contributed by atoms with Gasteiger partial charge in [0.05, 0.1) is 20.8 Å². The number of nitrogens with two attached hydrogens (primary N) is 1. The van der Waals surface area contributed by atoms with Gasteiger partial charge in [-0.25, -0.2) is 10.8 Å². The summed E-state index contributed by atoms with van der Waals surface area (Å²) in [6.07, 6.45) is 4.89. The van der Waals surface area contributed by atoms with E-state index in [1.54, 1.807) is 14.2 Å². The van der Waals surface area contributed by atoms with Crippen LogP contribution in [0.3, 0.4) is 0 Å². The van der Waals surface area contributed by atoms with Gasteiger partial charge >= 0.3 is 0 Å². The van der Waals surface area contributed by atoms with Crippen molar-refractivity contribution in [2.45, 2.75) is 38.3 Å². The van der Waals surface area contributed by atoms with Crippen molar-refractivity contribution in [1.82, 2.24) is 10.7 Å². The van der Waals surface area contributed by atoms with Gasteiger partial charge in [-0.1, -0.05) is 18.9 Å². The predicted octanol–water partition coefficient (Wildman–Crippen LogP) is 1.56. The molecule has 21 heavy (non-hydrogen) atoms. The minimum Gasteiger partial charge on any atom is -0.493 e. The molecule has 1 saturated carbocycles. The summed E-state index contributed by atoms with van der Waals surface area (Å²) in [5, 5.41) is 3.34. The second-order valence-electron chi connectivity index (χ2n) is 5.12. The van der Waals surface area contributed by atoms with Crippen molar-refractivity contribution >= 4 is 5.96 Å². The van der Waals surface area contributed by atoms with Crippen LogP contribution in [0, 0.1) is 0 Å². The molecule has 1 aliphatic rings. The molecule has 1 aromatic rings. The van der Waals surface area contributed by atoms with E-state index in [-0.39, 0.29) is 0 Å². The fourth-order valence-electron chi connectivity index (χ4n) is 2.55. The van der Waals surface area contributed by atoms with Crippen LogP contribution in [-0.2, 0) is 6.54 Å². The first-order valence-corrected chi connectivity index (χ1v) is 7.25. The van der Waals surface area contributed by atoms with Crippen LogP contribution in [0.5, 0.6) is 11.5 Å². The monoisotopic (exact) mass is 292 g/mol. The molecule has 1 fully saturated rings. The number of benzene rings is 1. The highest BCUT2D eigenvalue weighted by Gasteiger charge is 2.15. The summed E-state index contributed by atoms with van der Waals surface area (Å²) in [6, 6.07) is 6.25. The summed E-state index contributed by atoms with van der Waals surface area (Å²) in [4.78, 5) is 4.48. The van der Waals surface area contributed by atoms with Gasteiger partial charge in [-0.05, 0) is 30.5 Å². The first-order chi connectivity index (χ1) is 10.3. The minimum atomic E-state index is 0.477. The Bertz CT molecular complexity index is 485. The van der Waals surface area contributed by atoms with E-state index in [1.165, 1.54) is 25.7 Å². The fourth-order valence-corrected chi connectivity index (χ4v) is 2.55. The normalized spacial score (nSPS) is 15.9. The van der Waals surface area contributed by atoms with E-state index in [9.17, 15) is 0 Å². The molecule has 0 heterocycles. The molecule has 6 heteroatoms. The Morgan fingerprint density at radius 3 is 2.57 bits per heavy atom. The van der Waals surface area contributed by atoms with Crippen LogP contribution in [0.2, 0.25) is 0 Å². The van der Waals surface area contributed by atoms with Gasteiger partial charge in [0, 0.05) is 6.04 Å². The molecule has 1 aromatic carbocycles. The third-order valence-electron chi connectivity index (χ3n) is 3.70. The number of rotatable bonds is 5. The molecule has 0 unspecified atom stereocenters. The molecule has 4 N–H and O–H groups in total. The Balaban J connectivity index is 2.00. The smallest absolute Gasteiger partial charge is 0.206 e. The molecular formula is C15H24N4O2. The van der Waals surface area contributed by atoms with E-state index in [0.717, 1.165) is 5.56 Å². The molecule has 0 saturated heterocycles. The van der Waals surface area contributed by atoms with Crippen LogP contribution in [0.15, 0.2) is 23.2 Å². The van der Waals surface area contributed by atoms with E-state index in [4.69, 9.17) is 15.3 Å². The summed E-state index contributed by atoms with van der Waals surface area (Å²) >= 11 is 0. The van der Waals surface area contributed by atoms with Gasteiger partial charge in [0.25, 0.3) is 0 Å². The maximum atomic E-state index is 5.53. The van der Waals surface area contributed by atoms with Crippen molar-refractivity contribution < 1.29 is 9.47 Å². The van der Waals surface area contributed by atoms with E-state index < -0.39 is 0 Å². The quantitative estimate of drug-likeness (QED) is 0.332. The second-order valence-corrected chi connectivity index (χ2v) is 5.12. The van der Waals surface area contributed by atoms with E-state index in [2.05, 4.69) is 15.7 Å². The van der Waals surface area contributed by atoms with Crippen LogP contribution >= 0.6 is 0 Å². The number of methoxy groups -OCH3 is 2. The lowest BCUT2D eigenvalue weighted by Gasteiger charge is -2.15. The average Bonchev–Trinajstić information content (AvgIpc) is 3.04. The number of ether oxygens (including phenoxy) is 2. The maximum absolute atomic E-state index is 5.53. The van der Waals surface area contributed by atoms with E-state index in [0.29, 0.717) is 30.0 Å². The lowest BCUT2D eigenvalue weighted by Crippen LogP contribution is -2.45. The van der Waals surface area contributed by atoms with Crippen LogP contribution in [0.1, 0.15) is 31.2 Å². The SMILES string of the molecule is COc1ccc(CN=C(NN)NC2CCCC2)cc1OC. The highest BCUT2D eigenvalue weighted by Crippen LogP contribution is 2.27. The number of nitrogens with one attached hydrogen (secondary N) is 2. The topological polar surface area (TPSA) is 80.9 Å². The van der Waals surface area contributed by atoms with Crippen LogP contribution < -0.4 is 26.1 Å². The third kappa shape index (κ3) is 4.26. The Morgan fingerprint density at radius 1 is 1.24 bits per heavy atom. The van der Waals surface area contributed by atoms with Gasteiger partial charge in [-0.2, -0.15) is 0 Å². The van der Waals surface area contributed by atoms with Gasteiger partial charge in [-0.15, -0.1) is 0 Å². The fraction of sp³-hybridized carbons (Fsp3) is 0.533. The Kier molecular flexibility index (Phi) is 5.68. The molecule has 1 aliphatic carbocycles. The van der Waals surface area contributed by atoms with Crippen molar-refractivity contribution in [3.63, 3.8) is 0 Å². The van der Waals surface area contributed by atoms with Gasteiger partial charge in [0.2, 0.25) is 5.96 Å². The Labute approximate surface area is 125 Å².